The summed E-state index contributed by atoms with van der Waals surface area (Å²) >= 11 is 1.98. The van der Waals surface area contributed by atoms with Gasteiger partial charge in [0.25, 0.3) is 0 Å². The van der Waals surface area contributed by atoms with E-state index in [4.69, 9.17) is 18.1 Å². The Morgan fingerprint density at radius 3 is 2.00 bits per heavy atom. The van der Waals surface area contributed by atoms with Crippen LogP contribution in [-0.2, 0) is 18.1 Å². The Morgan fingerprint density at radius 1 is 1.18 bits per heavy atom. The van der Waals surface area contributed by atoms with Crippen LogP contribution in [0.3, 0.4) is 0 Å². The molecule has 0 radical (unpaired) electrons. The van der Waals surface area contributed by atoms with Gasteiger partial charge < -0.3 is 19.0 Å². The predicted molar refractivity (Wildman–Crippen MR) is 74.1 cm³/mol. The van der Waals surface area contributed by atoms with E-state index in [-0.39, 0.29) is 6.41 Å². The molecule has 2 N–H and O–H groups in total. The Labute approximate surface area is 110 Å². The van der Waals surface area contributed by atoms with E-state index in [9.17, 15) is 0 Å². The van der Waals surface area contributed by atoms with Crippen LogP contribution in [0.2, 0.25) is 6.04 Å². The highest BCUT2D eigenvalue weighted by molar-refractivity contribution is 7.99. The second-order valence-corrected chi connectivity index (χ2v) is 7.46. The molecule has 0 saturated heterocycles. The zero-order valence-corrected chi connectivity index (χ0v) is 13.0. The summed E-state index contributed by atoms with van der Waals surface area (Å²) in [5.74, 6) is 2.40. The molecule has 0 fully saturated rings. The maximum absolute atomic E-state index is 8.58. The molecule has 0 aliphatic heterocycles. The highest BCUT2D eigenvalue weighted by Gasteiger charge is 2.36. The first-order valence-electron chi connectivity index (χ1n) is 5.54. The minimum Gasteiger partial charge on any atom is -0.377 e. The molecule has 0 rings (SSSR count). The lowest BCUT2D eigenvalue weighted by atomic mass is 10.6. The van der Waals surface area contributed by atoms with E-state index in [1.807, 2.05) is 11.8 Å². The van der Waals surface area contributed by atoms with E-state index in [0.29, 0.717) is 0 Å². The van der Waals surface area contributed by atoms with Gasteiger partial charge in [-0.1, -0.05) is 6.92 Å². The molecule has 1 amide bonds. The average Bonchev–Trinajstić information content (AvgIpc) is 2.36. The third-order valence-corrected chi connectivity index (χ3v) is 6.16. The standard InChI is InChI=1S/C9H22O3SSi.CH3NO/c1-5-7-13-8-6-9-14(10-2,11-3)12-4;2-1-3/h5-9H2,1-4H3;1H,(H2,2,3). The predicted octanol–water partition coefficient (Wildman–Crippen LogP) is 1.50. The largest absolute Gasteiger partial charge is 0.500 e. The summed E-state index contributed by atoms with van der Waals surface area (Å²) < 4.78 is 16.0. The normalized spacial score (nSPS) is 10.6. The van der Waals surface area contributed by atoms with Crippen molar-refractivity contribution in [1.82, 2.24) is 0 Å². The molecule has 0 unspecified atom stereocenters. The molecular weight excluding hydrogens is 258 g/mol. The Kier molecular flexibility index (Phi) is 15.8. The van der Waals surface area contributed by atoms with E-state index in [2.05, 4.69) is 12.7 Å². The number of hydrogen-bond donors (Lipinski definition) is 1. The molecule has 0 bridgehead atoms. The fourth-order valence-electron chi connectivity index (χ4n) is 1.19. The fraction of sp³-hybridized carbons (Fsp3) is 0.900. The molecule has 0 saturated carbocycles. The molecule has 0 spiro atoms. The van der Waals surface area contributed by atoms with E-state index in [1.165, 1.54) is 17.9 Å². The highest BCUT2D eigenvalue weighted by atomic mass is 32.2. The summed E-state index contributed by atoms with van der Waals surface area (Å²) in [4.78, 5) is 8.58. The van der Waals surface area contributed by atoms with Gasteiger partial charge in [0, 0.05) is 27.4 Å². The van der Waals surface area contributed by atoms with Gasteiger partial charge >= 0.3 is 8.80 Å². The van der Waals surface area contributed by atoms with Gasteiger partial charge in [-0.2, -0.15) is 11.8 Å². The lowest BCUT2D eigenvalue weighted by Gasteiger charge is -2.24. The summed E-state index contributed by atoms with van der Waals surface area (Å²) in [5.41, 5.74) is 4.17. The minimum absolute atomic E-state index is 0.250. The van der Waals surface area contributed by atoms with Crippen LogP contribution in [0, 0.1) is 0 Å². The third kappa shape index (κ3) is 10.8. The van der Waals surface area contributed by atoms with Crippen molar-refractivity contribution in [2.45, 2.75) is 25.8 Å². The SMILES string of the molecule is CCCSCCC[Si](OC)(OC)OC.NC=O. The summed E-state index contributed by atoms with van der Waals surface area (Å²) in [7, 11) is 2.70. The minimum atomic E-state index is -2.29. The number of carbonyl (C=O) groups is 1. The number of hydrogen-bond acceptors (Lipinski definition) is 5. The topological polar surface area (TPSA) is 70.8 Å². The Balaban J connectivity index is 0. The first kappa shape index (κ1) is 19.3. The number of amides is 1. The molecule has 0 aliphatic rings. The highest BCUT2D eigenvalue weighted by Crippen LogP contribution is 2.17. The molecule has 7 heteroatoms. The quantitative estimate of drug-likeness (QED) is 0.394. The molecule has 0 aromatic heterocycles. The lowest BCUT2D eigenvalue weighted by Crippen LogP contribution is -2.42. The van der Waals surface area contributed by atoms with Gasteiger partial charge in [0.2, 0.25) is 6.41 Å². The maximum Gasteiger partial charge on any atom is 0.500 e. The van der Waals surface area contributed by atoms with Gasteiger partial charge in [0.05, 0.1) is 0 Å². The molecule has 104 valence electrons. The smallest absolute Gasteiger partial charge is 0.377 e. The first-order chi connectivity index (χ1) is 8.16. The van der Waals surface area contributed by atoms with Gasteiger partial charge in [-0.3, -0.25) is 4.79 Å². The van der Waals surface area contributed by atoms with Gasteiger partial charge in [0.15, 0.2) is 0 Å². The van der Waals surface area contributed by atoms with Crippen molar-refractivity contribution in [2.24, 2.45) is 5.73 Å². The lowest BCUT2D eigenvalue weighted by molar-refractivity contribution is -0.106. The zero-order chi connectivity index (χ0) is 13.6. The number of carbonyl (C=O) groups excluding carboxylic acids is 1. The second-order valence-electron chi connectivity index (χ2n) is 3.15. The van der Waals surface area contributed by atoms with Gasteiger partial charge in [-0.25, -0.2) is 0 Å². The van der Waals surface area contributed by atoms with Gasteiger partial charge in [0.1, 0.15) is 0 Å². The average molecular weight is 283 g/mol. The second kappa shape index (κ2) is 14.0. The molecule has 0 heterocycles. The Hall–Kier alpha value is -0.0831. The number of rotatable bonds is 9. The molecule has 5 nitrogen and oxygen atoms in total. The van der Waals surface area contributed by atoms with Gasteiger partial charge in [-0.15, -0.1) is 0 Å². The van der Waals surface area contributed by atoms with Crippen molar-refractivity contribution < 1.29 is 18.1 Å². The van der Waals surface area contributed by atoms with Crippen molar-refractivity contribution in [3.05, 3.63) is 0 Å². The van der Waals surface area contributed by atoms with Crippen LogP contribution >= 0.6 is 11.8 Å². The van der Waals surface area contributed by atoms with Crippen molar-refractivity contribution in [1.29, 1.82) is 0 Å². The van der Waals surface area contributed by atoms with Crippen LogP contribution in [-0.4, -0.2) is 48.0 Å². The van der Waals surface area contributed by atoms with Crippen LogP contribution in [0.4, 0.5) is 0 Å². The number of nitrogens with two attached hydrogens (primary N) is 1. The number of thioether (sulfide) groups is 1. The van der Waals surface area contributed by atoms with Crippen molar-refractivity contribution in [3.63, 3.8) is 0 Å². The fourth-order valence-corrected chi connectivity index (χ4v) is 4.01. The van der Waals surface area contributed by atoms with Crippen LogP contribution in [0.15, 0.2) is 0 Å². The maximum atomic E-state index is 8.58. The molecule has 17 heavy (non-hydrogen) atoms. The van der Waals surface area contributed by atoms with Crippen LogP contribution in [0.25, 0.3) is 0 Å². The summed E-state index contributed by atoms with van der Waals surface area (Å²) in [6.07, 6.45) is 2.60. The first-order valence-corrected chi connectivity index (χ1v) is 8.63. The number of primary amides is 1. The van der Waals surface area contributed by atoms with Crippen LogP contribution < -0.4 is 5.73 Å². The van der Waals surface area contributed by atoms with Crippen molar-refractivity contribution in [2.75, 3.05) is 32.8 Å². The van der Waals surface area contributed by atoms with E-state index < -0.39 is 8.80 Å². The molecular formula is C10H25NO4SSi. The molecule has 0 aromatic carbocycles. The summed E-state index contributed by atoms with van der Waals surface area (Å²) in [6.45, 7) is 2.20. The van der Waals surface area contributed by atoms with Crippen LogP contribution in [0.1, 0.15) is 19.8 Å². The van der Waals surface area contributed by atoms with Gasteiger partial charge in [-0.05, 0) is 24.3 Å². The van der Waals surface area contributed by atoms with Crippen LogP contribution in [0.5, 0.6) is 0 Å². The van der Waals surface area contributed by atoms with E-state index >= 15 is 0 Å². The Morgan fingerprint density at radius 2 is 1.65 bits per heavy atom. The van der Waals surface area contributed by atoms with E-state index in [0.717, 1.165) is 12.5 Å². The zero-order valence-electron chi connectivity index (χ0n) is 11.2. The Bertz CT molecular complexity index is 162. The van der Waals surface area contributed by atoms with Crippen molar-refractivity contribution in [3.8, 4) is 0 Å². The molecule has 0 aromatic rings. The summed E-state index contributed by atoms with van der Waals surface area (Å²) in [6, 6.07) is 0.910. The molecule has 0 atom stereocenters. The van der Waals surface area contributed by atoms with E-state index in [1.54, 1.807) is 21.3 Å². The molecule has 0 aliphatic carbocycles. The third-order valence-electron chi connectivity index (χ3n) is 2.05. The summed E-state index contributed by atoms with van der Waals surface area (Å²) in [5, 5.41) is 0. The van der Waals surface area contributed by atoms with Crippen molar-refractivity contribution >= 4 is 27.0 Å². The monoisotopic (exact) mass is 283 g/mol.